The van der Waals surface area contributed by atoms with Crippen molar-refractivity contribution in [1.82, 2.24) is 5.32 Å². The molecule has 2 rings (SSSR count). The molecule has 2 aromatic rings. The van der Waals surface area contributed by atoms with E-state index in [1.165, 1.54) is 0 Å². The number of aliphatic hydroxyl groups is 1. The summed E-state index contributed by atoms with van der Waals surface area (Å²) < 4.78 is 0. The molecule has 1 amide bonds. The normalized spacial score (nSPS) is 11.9. The molecule has 1 unspecified atom stereocenters. The van der Waals surface area contributed by atoms with E-state index in [-0.39, 0.29) is 18.6 Å². The zero-order chi connectivity index (χ0) is 15.1. The van der Waals surface area contributed by atoms with Crippen LogP contribution in [-0.2, 0) is 11.2 Å². The van der Waals surface area contributed by atoms with Crippen LogP contribution in [0.5, 0.6) is 0 Å². The van der Waals surface area contributed by atoms with Gasteiger partial charge in [-0.2, -0.15) is 0 Å². The smallest absolute Gasteiger partial charge is 0.220 e. The van der Waals surface area contributed by atoms with Crippen molar-refractivity contribution >= 4 is 11.6 Å². The van der Waals surface area contributed by atoms with Gasteiger partial charge in [0.2, 0.25) is 5.91 Å². The Morgan fingerprint density at radius 1 is 1.10 bits per heavy atom. The van der Waals surface area contributed by atoms with E-state index in [0.717, 1.165) is 11.1 Å². The van der Waals surface area contributed by atoms with Gasteiger partial charge in [-0.25, -0.2) is 0 Å². The Balaban J connectivity index is 1.87. The SMILES string of the molecule is Nc1ccc(CCC(=O)NC(CO)c2ccccc2)cc1. The number of benzene rings is 2. The molecule has 4 nitrogen and oxygen atoms in total. The van der Waals surface area contributed by atoms with Gasteiger partial charge in [-0.1, -0.05) is 42.5 Å². The van der Waals surface area contributed by atoms with Crippen LogP contribution in [-0.4, -0.2) is 17.6 Å². The predicted molar refractivity (Wildman–Crippen MR) is 83.6 cm³/mol. The lowest BCUT2D eigenvalue weighted by Crippen LogP contribution is -2.30. The summed E-state index contributed by atoms with van der Waals surface area (Å²) in [6.45, 7) is -0.113. The Bertz CT molecular complexity index is 567. The Kier molecular flexibility index (Phi) is 5.35. The highest BCUT2D eigenvalue weighted by Gasteiger charge is 2.13. The van der Waals surface area contributed by atoms with Crippen LogP contribution in [0.1, 0.15) is 23.6 Å². The van der Waals surface area contributed by atoms with Crippen molar-refractivity contribution < 1.29 is 9.90 Å². The summed E-state index contributed by atoms with van der Waals surface area (Å²) in [6, 6.07) is 16.6. The lowest BCUT2D eigenvalue weighted by molar-refractivity contribution is -0.122. The molecule has 0 aliphatic heterocycles. The molecule has 0 saturated carbocycles. The van der Waals surface area contributed by atoms with Crippen LogP contribution in [0.15, 0.2) is 54.6 Å². The fourth-order valence-corrected chi connectivity index (χ4v) is 2.13. The summed E-state index contributed by atoms with van der Waals surface area (Å²) >= 11 is 0. The number of hydrogen-bond acceptors (Lipinski definition) is 3. The molecular formula is C17H20N2O2. The van der Waals surface area contributed by atoms with Gasteiger partial charge in [0, 0.05) is 12.1 Å². The number of hydrogen-bond donors (Lipinski definition) is 3. The lowest BCUT2D eigenvalue weighted by atomic mass is 10.1. The van der Waals surface area contributed by atoms with Crippen molar-refractivity contribution in [3.8, 4) is 0 Å². The average Bonchev–Trinajstić information content (AvgIpc) is 2.53. The number of rotatable bonds is 6. The number of carbonyl (C=O) groups is 1. The van der Waals surface area contributed by atoms with Gasteiger partial charge in [0.05, 0.1) is 12.6 Å². The van der Waals surface area contributed by atoms with Gasteiger partial charge in [0.25, 0.3) is 0 Å². The van der Waals surface area contributed by atoms with Gasteiger partial charge in [0.1, 0.15) is 0 Å². The second-order valence-electron chi connectivity index (χ2n) is 4.95. The molecule has 0 heterocycles. The van der Waals surface area contributed by atoms with Crippen LogP contribution < -0.4 is 11.1 Å². The summed E-state index contributed by atoms with van der Waals surface area (Å²) in [6.07, 6.45) is 1.03. The average molecular weight is 284 g/mol. The van der Waals surface area contributed by atoms with Crippen LogP contribution in [0.3, 0.4) is 0 Å². The third kappa shape index (κ3) is 4.61. The number of aryl methyl sites for hydroxylation is 1. The summed E-state index contributed by atoms with van der Waals surface area (Å²) in [5, 5.41) is 12.3. The molecule has 0 fully saturated rings. The van der Waals surface area contributed by atoms with Crippen LogP contribution in [0, 0.1) is 0 Å². The first-order chi connectivity index (χ1) is 10.2. The van der Waals surface area contributed by atoms with Crippen molar-refractivity contribution in [3.63, 3.8) is 0 Å². The fourth-order valence-electron chi connectivity index (χ4n) is 2.13. The highest BCUT2D eigenvalue weighted by Crippen LogP contribution is 2.12. The molecule has 0 aliphatic carbocycles. The zero-order valence-electron chi connectivity index (χ0n) is 11.8. The molecule has 0 bridgehead atoms. The highest BCUT2D eigenvalue weighted by molar-refractivity contribution is 5.76. The van der Waals surface area contributed by atoms with Gasteiger partial charge in [-0.3, -0.25) is 4.79 Å². The minimum Gasteiger partial charge on any atom is -0.399 e. The maximum absolute atomic E-state index is 12.0. The Morgan fingerprint density at radius 2 is 1.76 bits per heavy atom. The van der Waals surface area contributed by atoms with E-state index in [9.17, 15) is 9.90 Å². The monoisotopic (exact) mass is 284 g/mol. The fraction of sp³-hybridized carbons (Fsp3) is 0.235. The van der Waals surface area contributed by atoms with E-state index >= 15 is 0 Å². The second kappa shape index (κ2) is 7.45. The molecule has 0 spiro atoms. The zero-order valence-corrected chi connectivity index (χ0v) is 11.8. The highest BCUT2D eigenvalue weighted by atomic mass is 16.3. The molecule has 0 aliphatic rings. The minimum absolute atomic E-state index is 0.0743. The van der Waals surface area contributed by atoms with Crippen LogP contribution in [0.2, 0.25) is 0 Å². The molecule has 0 aromatic heterocycles. The van der Waals surface area contributed by atoms with Crippen molar-refractivity contribution in [1.29, 1.82) is 0 Å². The maximum atomic E-state index is 12.0. The number of nitrogen functional groups attached to an aromatic ring is 1. The molecular weight excluding hydrogens is 264 g/mol. The Labute approximate surface area is 124 Å². The number of nitrogens with two attached hydrogens (primary N) is 1. The van der Waals surface area contributed by atoms with Gasteiger partial charge < -0.3 is 16.2 Å². The molecule has 4 heteroatoms. The van der Waals surface area contributed by atoms with Crippen molar-refractivity contribution in [2.24, 2.45) is 0 Å². The van der Waals surface area contributed by atoms with E-state index in [1.807, 2.05) is 54.6 Å². The van der Waals surface area contributed by atoms with Crippen LogP contribution >= 0.6 is 0 Å². The molecule has 2 aromatic carbocycles. The molecule has 4 N–H and O–H groups in total. The van der Waals surface area contributed by atoms with E-state index < -0.39 is 0 Å². The number of nitrogens with one attached hydrogen (secondary N) is 1. The van der Waals surface area contributed by atoms with Crippen molar-refractivity contribution in [2.75, 3.05) is 12.3 Å². The standard InChI is InChI=1S/C17H20N2O2/c18-15-9-6-13(7-10-15)8-11-17(21)19-16(12-20)14-4-2-1-3-5-14/h1-7,9-10,16,20H,8,11-12,18H2,(H,19,21). The summed E-state index contributed by atoms with van der Waals surface area (Å²) in [4.78, 5) is 12.0. The van der Waals surface area contributed by atoms with Gasteiger partial charge >= 0.3 is 0 Å². The largest absolute Gasteiger partial charge is 0.399 e. The number of aliphatic hydroxyl groups excluding tert-OH is 1. The van der Waals surface area contributed by atoms with E-state index in [2.05, 4.69) is 5.32 Å². The minimum atomic E-state index is -0.356. The quantitative estimate of drug-likeness (QED) is 0.711. The third-order valence-corrected chi connectivity index (χ3v) is 3.34. The van der Waals surface area contributed by atoms with Crippen LogP contribution in [0.4, 0.5) is 5.69 Å². The Hall–Kier alpha value is -2.33. The summed E-state index contributed by atoms with van der Waals surface area (Å²) in [7, 11) is 0. The van der Waals surface area contributed by atoms with E-state index in [1.54, 1.807) is 0 Å². The maximum Gasteiger partial charge on any atom is 0.220 e. The first-order valence-corrected chi connectivity index (χ1v) is 6.98. The van der Waals surface area contributed by atoms with E-state index in [0.29, 0.717) is 18.5 Å². The van der Waals surface area contributed by atoms with Gasteiger partial charge in [-0.15, -0.1) is 0 Å². The first-order valence-electron chi connectivity index (χ1n) is 6.98. The molecule has 21 heavy (non-hydrogen) atoms. The summed E-state index contributed by atoms with van der Waals surface area (Å²) in [5.74, 6) is -0.0743. The van der Waals surface area contributed by atoms with E-state index in [4.69, 9.17) is 5.73 Å². The lowest BCUT2D eigenvalue weighted by Gasteiger charge is -2.16. The molecule has 1 atom stereocenters. The van der Waals surface area contributed by atoms with Crippen molar-refractivity contribution in [2.45, 2.75) is 18.9 Å². The summed E-state index contributed by atoms with van der Waals surface area (Å²) in [5.41, 5.74) is 8.31. The molecule has 0 saturated heterocycles. The first kappa shape index (κ1) is 15.1. The Morgan fingerprint density at radius 3 is 2.38 bits per heavy atom. The second-order valence-corrected chi connectivity index (χ2v) is 4.95. The van der Waals surface area contributed by atoms with Gasteiger partial charge in [0.15, 0.2) is 0 Å². The van der Waals surface area contributed by atoms with Gasteiger partial charge in [-0.05, 0) is 29.7 Å². The third-order valence-electron chi connectivity index (χ3n) is 3.34. The van der Waals surface area contributed by atoms with Crippen LogP contribution in [0.25, 0.3) is 0 Å². The molecule has 0 radical (unpaired) electrons. The number of amides is 1. The number of carbonyl (C=O) groups excluding carboxylic acids is 1. The predicted octanol–water partition coefficient (Wildman–Crippen LogP) is 2.05. The number of anilines is 1. The molecule has 110 valence electrons. The van der Waals surface area contributed by atoms with Crippen molar-refractivity contribution in [3.05, 3.63) is 65.7 Å². The topological polar surface area (TPSA) is 75.4 Å².